The average molecular weight is 710 g/mol. The summed E-state index contributed by atoms with van der Waals surface area (Å²) in [4.78, 5) is 62.5. The molecule has 10 nitrogen and oxygen atoms in total. The van der Waals surface area contributed by atoms with Gasteiger partial charge in [0.2, 0.25) is 17.7 Å². The molecule has 4 amide bonds. The second kappa shape index (κ2) is 16.8. The molecule has 2 fully saturated rings. The molecule has 1 aliphatic carbocycles. The molecule has 1 saturated carbocycles. The normalized spacial score (nSPS) is 17.2. The molecule has 10 heteroatoms. The van der Waals surface area contributed by atoms with E-state index in [0.29, 0.717) is 25.9 Å². The van der Waals surface area contributed by atoms with Crippen molar-refractivity contribution in [1.82, 2.24) is 24.9 Å². The monoisotopic (exact) mass is 709 g/mol. The minimum absolute atomic E-state index is 0.0885. The first-order valence-corrected chi connectivity index (χ1v) is 18.4. The molecule has 1 aliphatic heterocycles. The maximum absolute atomic E-state index is 14.7. The Morgan fingerprint density at radius 1 is 0.827 bits per heavy atom. The largest absolute Gasteiger partial charge is 0.444 e. The molecule has 0 spiro atoms. The zero-order valence-corrected chi connectivity index (χ0v) is 31.6. The highest BCUT2D eigenvalue weighted by atomic mass is 16.6. The van der Waals surface area contributed by atoms with Gasteiger partial charge in [0.1, 0.15) is 17.7 Å². The summed E-state index contributed by atoms with van der Waals surface area (Å²) >= 11 is 0. The summed E-state index contributed by atoms with van der Waals surface area (Å²) < 4.78 is 5.49. The van der Waals surface area contributed by atoms with Gasteiger partial charge in [0.25, 0.3) is 0 Å². The number of piperazine rings is 1. The Balaban J connectivity index is 1.39. The smallest absolute Gasteiger partial charge is 0.408 e. The first-order valence-electron chi connectivity index (χ1n) is 18.4. The Kier molecular flexibility index (Phi) is 12.4. The van der Waals surface area contributed by atoms with E-state index in [2.05, 4.69) is 16.3 Å². The summed E-state index contributed by atoms with van der Waals surface area (Å²) in [5.74, 6) is -0.721. The number of fused-ring (bicyclic) bond motifs is 1. The number of carbonyl (C=O) groups excluding carboxylic acids is 4. The number of benzene rings is 3. The van der Waals surface area contributed by atoms with Gasteiger partial charge in [-0.05, 0) is 81.5 Å². The molecule has 1 N–H and O–H groups in total. The lowest BCUT2D eigenvalue weighted by Crippen LogP contribution is -2.58. The van der Waals surface area contributed by atoms with Crippen molar-refractivity contribution in [3.05, 3.63) is 96.1 Å². The Hall–Kier alpha value is -4.70. The predicted octanol–water partition coefficient (Wildman–Crippen LogP) is 5.45. The Bertz CT molecular complexity index is 1740. The maximum atomic E-state index is 14.7. The third-order valence-electron chi connectivity index (χ3n) is 10.4. The second-order valence-corrected chi connectivity index (χ2v) is 15.5. The summed E-state index contributed by atoms with van der Waals surface area (Å²) in [5, 5.41) is 5.16. The number of amides is 4. The van der Waals surface area contributed by atoms with Gasteiger partial charge in [-0.3, -0.25) is 14.4 Å². The van der Waals surface area contributed by atoms with Crippen molar-refractivity contribution in [3.8, 4) is 0 Å². The summed E-state index contributed by atoms with van der Waals surface area (Å²) in [6.45, 7) is 8.21. The zero-order valence-electron chi connectivity index (χ0n) is 31.6. The van der Waals surface area contributed by atoms with Gasteiger partial charge in [0, 0.05) is 58.7 Å². The van der Waals surface area contributed by atoms with Crippen molar-refractivity contribution < 1.29 is 23.9 Å². The number of nitrogens with one attached hydrogen (secondary N) is 1. The fraction of sp³-hybridized carbons (Fsp3) is 0.476. The van der Waals surface area contributed by atoms with Gasteiger partial charge < -0.3 is 29.7 Å². The average Bonchev–Trinajstić information content (AvgIpc) is 3.10. The van der Waals surface area contributed by atoms with Crippen molar-refractivity contribution in [2.24, 2.45) is 0 Å². The molecule has 0 radical (unpaired) electrons. The van der Waals surface area contributed by atoms with Gasteiger partial charge in [-0.15, -0.1) is 0 Å². The van der Waals surface area contributed by atoms with E-state index >= 15 is 0 Å². The van der Waals surface area contributed by atoms with Crippen LogP contribution < -0.4 is 5.32 Å². The molecule has 278 valence electrons. The molecule has 5 rings (SSSR count). The lowest BCUT2D eigenvalue weighted by atomic mass is 9.74. The summed E-state index contributed by atoms with van der Waals surface area (Å²) in [6, 6.07) is 22.3. The van der Waals surface area contributed by atoms with Crippen LogP contribution in [0.15, 0.2) is 84.9 Å². The number of carbonyl (C=O) groups is 4. The lowest BCUT2D eigenvalue weighted by Gasteiger charge is -2.42. The van der Waals surface area contributed by atoms with Crippen LogP contribution in [0.2, 0.25) is 0 Å². The third-order valence-corrected chi connectivity index (χ3v) is 10.4. The summed E-state index contributed by atoms with van der Waals surface area (Å²) in [5.41, 5.74) is 0.789. The lowest BCUT2D eigenvalue weighted by molar-refractivity contribution is -0.149. The van der Waals surface area contributed by atoms with E-state index in [1.54, 1.807) is 25.1 Å². The fourth-order valence-corrected chi connectivity index (χ4v) is 6.99. The Morgan fingerprint density at radius 2 is 1.46 bits per heavy atom. The van der Waals surface area contributed by atoms with Crippen LogP contribution in [0.25, 0.3) is 10.8 Å². The predicted molar refractivity (Wildman–Crippen MR) is 205 cm³/mol. The number of alkyl carbamates (subject to hydrolysis) is 1. The zero-order chi connectivity index (χ0) is 37.5. The topological polar surface area (TPSA) is 103 Å². The van der Waals surface area contributed by atoms with Gasteiger partial charge in [-0.2, -0.15) is 0 Å². The highest BCUT2D eigenvalue weighted by Crippen LogP contribution is 2.35. The van der Waals surface area contributed by atoms with Crippen LogP contribution in [0.5, 0.6) is 0 Å². The maximum Gasteiger partial charge on any atom is 0.408 e. The van der Waals surface area contributed by atoms with Crippen molar-refractivity contribution in [1.29, 1.82) is 0 Å². The number of hydrogen-bond donors (Lipinski definition) is 1. The molecule has 3 aromatic carbocycles. The molecular formula is C42H55N5O5. The van der Waals surface area contributed by atoms with Gasteiger partial charge >= 0.3 is 6.09 Å². The van der Waals surface area contributed by atoms with Gasteiger partial charge in [-0.25, -0.2) is 4.79 Å². The summed E-state index contributed by atoms with van der Waals surface area (Å²) in [7, 11) is 5.38. The van der Waals surface area contributed by atoms with Gasteiger partial charge in [-0.1, -0.05) is 78.9 Å². The number of nitrogens with zero attached hydrogens (tertiary/aromatic N) is 4. The van der Waals surface area contributed by atoms with Gasteiger partial charge in [0.05, 0.1) is 0 Å². The Morgan fingerprint density at radius 3 is 2.10 bits per heavy atom. The number of rotatable bonds is 12. The van der Waals surface area contributed by atoms with Crippen molar-refractivity contribution >= 4 is 34.6 Å². The summed E-state index contributed by atoms with van der Waals surface area (Å²) in [6.07, 6.45) is 6.47. The van der Waals surface area contributed by atoms with E-state index in [1.807, 2.05) is 99.4 Å². The first-order chi connectivity index (χ1) is 24.7. The van der Waals surface area contributed by atoms with Crippen LogP contribution in [-0.4, -0.2) is 114 Å². The molecular weight excluding hydrogens is 654 g/mol. The molecule has 1 heterocycles. The molecule has 0 bridgehead atoms. The molecule has 1 saturated heterocycles. The third kappa shape index (κ3) is 10.00. The quantitative estimate of drug-likeness (QED) is 0.251. The second-order valence-electron chi connectivity index (χ2n) is 15.5. The van der Waals surface area contributed by atoms with Crippen LogP contribution in [0.4, 0.5) is 4.79 Å². The van der Waals surface area contributed by atoms with Gasteiger partial charge in [0.15, 0.2) is 0 Å². The van der Waals surface area contributed by atoms with E-state index in [0.717, 1.165) is 54.3 Å². The van der Waals surface area contributed by atoms with Crippen LogP contribution in [0.1, 0.15) is 57.6 Å². The molecule has 52 heavy (non-hydrogen) atoms. The molecule has 3 aromatic rings. The van der Waals surface area contributed by atoms with E-state index in [4.69, 9.17) is 4.74 Å². The molecule has 2 aliphatic rings. The SMILES string of the molecule is CN1CCN(C(=O)[C@@H](Cc2ccccc2)N(C)C(=O)[C@@H](Cc2ccc3ccccc3c2)N(C)C(=O)/C=C/CC2(NC(=O)OC(C)(C)C)CCC2)CC1. The number of hydrogen-bond acceptors (Lipinski definition) is 6. The molecule has 2 atom stereocenters. The van der Waals surface area contributed by atoms with E-state index in [-0.39, 0.29) is 24.1 Å². The standard InChI is InChI=1S/C42H55N5O5/c1-41(2,3)52-40(51)43-42(22-13-23-42)21-12-18-37(48)45(5)35(30-32-19-20-33-16-10-11-17-34(33)28-32)38(49)46(6)36(29-31-14-8-7-9-15-31)39(50)47-26-24-44(4)25-27-47/h7-12,14-20,28,35-36H,13,21-27,29-30H2,1-6H3,(H,43,51)/b18-12+/t35-,36-/m1/s1. The first kappa shape index (κ1) is 38.5. The minimum atomic E-state index is -0.876. The molecule has 0 unspecified atom stereocenters. The van der Waals surface area contributed by atoms with Crippen molar-refractivity contribution in [3.63, 3.8) is 0 Å². The van der Waals surface area contributed by atoms with Crippen LogP contribution in [0, 0.1) is 0 Å². The Labute approximate surface area is 308 Å². The highest BCUT2D eigenvalue weighted by molar-refractivity contribution is 5.95. The van der Waals surface area contributed by atoms with E-state index < -0.39 is 29.3 Å². The number of likely N-dealkylation sites (N-methyl/N-ethyl adjacent to an activating group) is 3. The number of ether oxygens (including phenoxy) is 1. The van der Waals surface area contributed by atoms with E-state index in [9.17, 15) is 19.2 Å². The molecule has 0 aromatic heterocycles. The highest BCUT2D eigenvalue weighted by Gasteiger charge is 2.39. The van der Waals surface area contributed by atoms with Crippen LogP contribution in [0.3, 0.4) is 0 Å². The van der Waals surface area contributed by atoms with Crippen LogP contribution >= 0.6 is 0 Å². The minimum Gasteiger partial charge on any atom is -0.444 e. The van der Waals surface area contributed by atoms with Crippen molar-refractivity contribution in [2.75, 3.05) is 47.3 Å². The van der Waals surface area contributed by atoms with Crippen molar-refractivity contribution in [2.45, 2.75) is 82.5 Å². The van der Waals surface area contributed by atoms with E-state index in [1.165, 1.54) is 11.0 Å². The van der Waals surface area contributed by atoms with Crippen LogP contribution in [-0.2, 0) is 32.0 Å². The fourth-order valence-electron chi connectivity index (χ4n) is 6.99.